The Balaban J connectivity index is 1.59. The lowest BCUT2D eigenvalue weighted by atomic mass is 9.93. The molecule has 1 aliphatic carbocycles. The van der Waals surface area contributed by atoms with Gasteiger partial charge in [0.25, 0.3) is 5.91 Å². The van der Waals surface area contributed by atoms with Gasteiger partial charge in [-0.3, -0.25) is 4.79 Å². The van der Waals surface area contributed by atoms with Crippen LogP contribution in [0.1, 0.15) is 48.0 Å². The number of hydrogen-bond donors (Lipinski definition) is 0. The quantitative estimate of drug-likeness (QED) is 0.809. The van der Waals surface area contributed by atoms with E-state index in [0.717, 1.165) is 42.7 Å². The van der Waals surface area contributed by atoms with Gasteiger partial charge in [0.05, 0.1) is 0 Å². The van der Waals surface area contributed by atoms with E-state index in [2.05, 4.69) is 0 Å². The van der Waals surface area contributed by atoms with Crippen LogP contribution < -0.4 is 9.47 Å². The van der Waals surface area contributed by atoms with Crippen molar-refractivity contribution in [2.75, 3.05) is 6.79 Å². The van der Waals surface area contributed by atoms with Crippen LogP contribution in [0.15, 0.2) is 42.5 Å². The minimum atomic E-state index is -0.332. The zero-order valence-corrected chi connectivity index (χ0v) is 14.6. The number of amides is 1. The highest BCUT2D eigenvalue weighted by Gasteiger charge is 2.27. The van der Waals surface area contributed by atoms with Crippen molar-refractivity contribution in [1.29, 1.82) is 0 Å². The van der Waals surface area contributed by atoms with E-state index in [1.807, 2.05) is 23.1 Å². The minimum Gasteiger partial charge on any atom is -0.454 e. The minimum absolute atomic E-state index is 0.0467. The molecule has 0 atom stereocenters. The molecule has 0 aromatic heterocycles. The molecule has 0 N–H and O–H groups in total. The maximum atomic E-state index is 13.2. The van der Waals surface area contributed by atoms with E-state index in [9.17, 15) is 9.18 Å². The first kappa shape index (κ1) is 16.9. The van der Waals surface area contributed by atoms with Crippen molar-refractivity contribution in [3.63, 3.8) is 0 Å². The standard InChI is InChI=1S/C21H22FNO3/c22-17-9-7-16(8-10-17)21(24)23(18-4-2-1-3-5-18)13-15-6-11-19-20(12-15)26-14-25-19/h6-12,18H,1-5,13-14H2. The molecule has 1 amide bonds. The van der Waals surface area contributed by atoms with Crippen LogP contribution >= 0.6 is 0 Å². The van der Waals surface area contributed by atoms with Crippen LogP contribution in [-0.4, -0.2) is 23.6 Å². The van der Waals surface area contributed by atoms with Crippen molar-refractivity contribution in [1.82, 2.24) is 4.90 Å². The van der Waals surface area contributed by atoms with Crippen LogP contribution in [0.25, 0.3) is 0 Å². The molecule has 2 aromatic rings. The van der Waals surface area contributed by atoms with Gasteiger partial charge >= 0.3 is 0 Å². The van der Waals surface area contributed by atoms with Crippen molar-refractivity contribution < 1.29 is 18.7 Å². The summed E-state index contributed by atoms with van der Waals surface area (Å²) >= 11 is 0. The number of halogens is 1. The van der Waals surface area contributed by atoms with Gasteiger partial charge in [-0.05, 0) is 54.8 Å². The Labute approximate surface area is 152 Å². The Morgan fingerprint density at radius 1 is 1.00 bits per heavy atom. The summed E-state index contributed by atoms with van der Waals surface area (Å²) in [5, 5.41) is 0. The third kappa shape index (κ3) is 3.52. The highest BCUT2D eigenvalue weighted by Crippen LogP contribution is 2.34. The topological polar surface area (TPSA) is 38.8 Å². The molecule has 5 heteroatoms. The highest BCUT2D eigenvalue weighted by molar-refractivity contribution is 5.94. The van der Waals surface area contributed by atoms with Crippen LogP contribution in [0.4, 0.5) is 4.39 Å². The summed E-state index contributed by atoms with van der Waals surface area (Å²) in [7, 11) is 0. The van der Waals surface area contributed by atoms with Gasteiger partial charge in [-0.15, -0.1) is 0 Å². The summed E-state index contributed by atoms with van der Waals surface area (Å²) < 4.78 is 24.1. The molecule has 136 valence electrons. The fourth-order valence-corrected chi connectivity index (χ4v) is 3.75. The van der Waals surface area contributed by atoms with Gasteiger partial charge in [0.15, 0.2) is 11.5 Å². The molecule has 1 saturated carbocycles. The fourth-order valence-electron chi connectivity index (χ4n) is 3.75. The Morgan fingerprint density at radius 3 is 2.50 bits per heavy atom. The zero-order chi connectivity index (χ0) is 17.9. The predicted molar refractivity (Wildman–Crippen MR) is 95.7 cm³/mol. The molecule has 1 fully saturated rings. The molecule has 0 bridgehead atoms. The molecule has 1 heterocycles. The number of carbonyl (C=O) groups excluding carboxylic acids is 1. The molecule has 1 aliphatic heterocycles. The van der Waals surface area contributed by atoms with Crippen LogP contribution in [0.5, 0.6) is 11.5 Å². The van der Waals surface area contributed by atoms with E-state index in [1.54, 1.807) is 12.1 Å². The number of nitrogens with zero attached hydrogens (tertiary/aromatic N) is 1. The van der Waals surface area contributed by atoms with Gasteiger partial charge < -0.3 is 14.4 Å². The van der Waals surface area contributed by atoms with Crippen LogP contribution in [0.3, 0.4) is 0 Å². The van der Waals surface area contributed by atoms with Gasteiger partial charge in [-0.25, -0.2) is 4.39 Å². The smallest absolute Gasteiger partial charge is 0.254 e. The fraction of sp³-hybridized carbons (Fsp3) is 0.381. The van der Waals surface area contributed by atoms with E-state index in [-0.39, 0.29) is 24.6 Å². The van der Waals surface area contributed by atoms with Gasteiger partial charge in [0.1, 0.15) is 5.82 Å². The van der Waals surface area contributed by atoms with Crippen molar-refractivity contribution in [3.8, 4) is 11.5 Å². The van der Waals surface area contributed by atoms with Crippen LogP contribution in [0.2, 0.25) is 0 Å². The second-order valence-corrected chi connectivity index (χ2v) is 6.92. The molecule has 0 radical (unpaired) electrons. The Morgan fingerprint density at radius 2 is 1.73 bits per heavy atom. The molecular formula is C21H22FNO3. The summed E-state index contributed by atoms with van der Waals surface area (Å²) in [5.74, 6) is 1.08. The summed E-state index contributed by atoms with van der Waals surface area (Å²) in [6.07, 6.45) is 5.52. The lowest BCUT2D eigenvalue weighted by Gasteiger charge is -2.34. The maximum Gasteiger partial charge on any atom is 0.254 e. The van der Waals surface area contributed by atoms with Gasteiger partial charge in [0, 0.05) is 18.2 Å². The first-order chi connectivity index (χ1) is 12.7. The first-order valence-corrected chi connectivity index (χ1v) is 9.16. The number of ether oxygens (including phenoxy) is 2. The van der Waals surface area contributed by atoms with E-state index in [1.165, 1.54) is 18.6 Å². The summed E-state index contributed by atoms with van der Waals surface area (Å²) in [6, 6.07) is 11.8. The van der Waals surface area contributed by atoms with Gasteiger partial charge in [0.2, 0.25) is 6.79 Å². The van der Waals surface area contributed by atoms with Crippen LogP contribution in [-0.2, 0) is 6.54 Å². The number of rotatable bonds is 4. The number of benzene rings is 2. The second-order valence-electron chi connectivity index (χ2n) is 6.92. The molecule has 2 aromatic carbocycles. The Hall–Kier alpha value is -2.56. The molecular weight excluding hydrogens is 333 g/mol. The number of carbonyl (C=O) groups is 1. The van der Waals surface area contributed by atoms with Crippen LogP contribution in [0, 0.1) is 5.82 Å². The molecule has 0 spiro atoms. The van der Waals surface area contributed by atoms with Gasteiger partial charge in [-0.2, -0.15) is 0 Å². The van der Waals surface area contributed by atoms with Crippen molar-refractivity contribution in [3.05, 3.63) is 59.4 Å². The highest BCUT2D eigenvalue weighted by atomic mass is 19.1. The van der Waals surface area contributed by atoms with E-state index >= 15 is 0 Å². The molecule has 4 nitrogen and oxygen atoms in total. The largest absolute Gasteiger partial charge is 0.454 e. The maximum absolute atomic E-state index is 13.2. The molecule has 26 heavy (non-hydrogen) atoms. The van der Waals surface area contributed by atoms with Crippen molar-refractivity contribution in [2.45, 2.75) is 44.7 Å². The molecule has 2 aliphatic rings. The van der Waals surface area contributed by atoms with E-state index < -0.39 is 0 Å². The first-order valence-electron chi connectivity index (χ1n) is 9.16. The summed E-state index contributed by atoms with van der Waals surface area (Å²) in [4.78, 5) is 15.1. The second kappa shape index (κ2) is 7.36. The Kier molecular flexibility index (Phi) is 4.78. The van der Waals surface area contributed by atoms with Crippen molar-refractivity contribution in [2.24, 2.45) is 0 Å². The van der Waals surface area contributed by atoms with Gasteiger partial charge in [-0.1, -0.05) is 25.3 Å². The SMILES string of the molecule is O=C(c1ccc(F)cc1)N(Cc1ccc2c(c1)OCO2)C1CCCCC1. The molecule has 4 rings (SSSR count). The lowest BCUT2D eigenvalue weighted by molar-refractivity contribution is 0.0614. The Bertz CT molecular complexity index is 784. The van der Waals surface area contributed by atoms with E-state index in [4.69, 9.17) is 9.47 Å². The number of hydrogen-bond acceptors (Lipinski definition) is 3. The molecule has 0 unspecified atom stereocenters. The summed E-state index contributed by atoms with van der Waals surface area (Å²) in [6.45, 7) is 0.747. The zero-order valence-electron chi connectivity index (χ0n) is 14.6. The number of fused-ring (bicyclic) bond motifs is 1. The average Bonchev–Trinajstić information content (AvgIpc) is 3.15. The molecule has 0 saturated heterocycles. The monoisotopic (exact) mass is 355 g/mol. The third-order valence-electron chi connectivity index (χ3n) is 5.16. The average molecular weight is 355 g/mol. The normalized spacial score (nSPS) is 16.5. The lowest BCUT2D eigenvalue weighted by Crippen LogP contribution is -2.41. The van der Waals surface area contributed by atoms with Crippen molar-refractivity contribution >= 4 is 5.91 Å². The van der Waals surface area contributed by atoms with E-state index in [0.29, 0.717) is 12.1 Å². The predicted octanol–water partition coefficient (Wildman–Crippen LogP) is 4.53. The third-order valence-corrected chi connectivity index (χ3v) is 5.16. The summed E-state index contributed by atoms with van der Waals surface area (Å²) in [5.41, 5.74) is 1.54.